The topological polar surface area (TPSA) is 29.5 Å². The average Bonchev–Trinajstić information content (AvgIpc) is 2.19. The zero-order chi connectivity index (χ0) is 10.4. The largest absolute Gasteiger partial charge is 0.479 e. The van der Waals surface area contributed by atoms with Gasteiger partial charge in [0.25, 0.3) is 0 Å². The average molecular weight is 330 g/mol. The van der Waals surface area contributed by atoms with Crippen LogP contribution in [0, 0.1) is 0 Å². The van der Waals surface area contributed by atoms with Gasteiger partial charge in [-0.15, -0.1) is 0 Å². The lowest BCUT2D eigenvalue weighted by Crippen LogP contribution is -2.15. The molecule has 0 saturated heterocycles. The Morgan fingerprint density at radius 3 is 3.21 bits per heavy atom. The molecule has 0 aromatic heterocycles. The van der Waals surface area contributed by atoms with E-state index in [1.807, 2.05) is 28.5 Å². The summed E-state index contributed by atoms with van der Waals surface area (Å²) in [7, 11) is 0. The molecule has 0 aliphatic heterocycles. The van der Waals surface area contributed by atoms with Crippen LogP contribution in [0.2, 0.25) is 0 Å². The molecule has 6 heteroatoms. The Kier molecular flexibility index (Phi) is 6.48. The zero-order valence-corrected chi connectivity index (χ0v) is 10.8. The van der Waals surface area contributed by atoms with E-state index in [4.69, 9.17) is 5.11 Å². The predicted octanol–water partition coefficient (Wildman–Crippen LogP) is 2.90. The molecule has 2 nitrogen and oxygen atoms in total. The van der Waals surface area contributed by atoms with Gasteiger partial charge in [0.1, 0.15) is 0 Å². The lowest BCUT2D eigenvalue weighted by molar-refractivity contribution is 0.00125. The Bertz CT molecular complexity index is 206. The lowest BCUT2D eigenvalue weighted by Gasteiger charge is -2.23. The van der Waals surface area contributed by atoms with Crippen molar-refractivity contribution in [3.05, 3.63) is 11.6 Å². The molecule has 1 aliphatic rings. The minimum Gasteiger partial charge on any atom is -0.392 e. The fourth-order valence-corrected chi connectivity index (χ4v) is 3.86. The molecule has 80 valence electrons. The highest BCUT2D eigenvalue weighted by Gasteiger charge is 2.24. The molecule has 1 unspecified atom stereocenters. The predicted molar refractivity (Wildman–Crippen MR) is 67.0 cm³/mol. The van der Waals surface area contributed by atoms with Crippen LogP contribution in [0.25, 0.3) is 0 Å². The standard InChI is InChI=1S/C8H13BFIO2S/c10-13-9(11)14-8-3-1-2-7(6-8)4-5-12/h4,8,12H,1-3,5-6H2/b7-4-. The lowest BCUT2D eigenvalue weighted by atomic mass is 9.94. The van der Waals surface area contributed by atoms with Gasteiger partial charge in [-0.1, -0.05) is 38.5 Å². The van der Waals surface area contributed by atoms with Gasteiger partial charge in [0.15, 0.2) is 0 Å². The third-order valence-corrected chi connectivity index (χ3v) is 4.41. The molecule has 0 spiro atoms. The molecule has 1 N–H and O–H groups in total. The summed E-state index contributed by atoms with van der Waals surface area (Å²) in [4.78, 5) is 3.73. The summed E-state index contributed by atoms with van der Waals surface area (Å²) in [5, 5.41) is 9.19. The highest BCUT2D eigenvalue weighted by Crippen LogP contribution is 2.34. The van der Waals surface area contributed by atoms with E-state index in [1.165, 1.54) is 17.2 Å². The molecule has 1 saturated carbocycles. The molecule has 0 aromatic carbocycles. The van der Waals surface area contributed by atoms with Crippen molar-refractivity contribution >= 4 is 38.0 Å². The quantitative estimate of drug-likeness (QED) is 0.488. The van der Waals surface area contributed by atoms with Crippen molar-refractivity contribution in [3.63, 3.8) is 0 Å². The van der Waals surface area contributed by atoms with Crippen molar-refractivity contribution in [2.45, 2.75) is 30.9 Å². The second kappa shape index (κ2) is 7.08. The highest BCUT2D eigenvalue weighted by molar-refractivity contribution is 14.1. The van der Waals surface area contributed by atoms with Gasteiger partial charge in [0, 0.05) is 5.25 Å². The first-order valence-corrected chi connectivity index (χ1v) is 6.80. The monoisotopic (exact) mass is 330 g/mol. The van der Waals surface area contributed by atoms with Gasteiger partial charge in [-0.2, -0.15) is 11.6 Å². The van der Waals surface area contributed by atoms with E-state index in [9.17, 15) is 4.53 Å². The molecule has 0 amide bonds. The molecule has 1 atom stereocenters. The van der Waals surface area contributed by atoms with Gasteiger partial charge in [-0.25, -0.2) is 4.86 Å². The second-order valence-corrected chi connectivity index (χ2v) is 6.61. The third-order valence-electron chi connectivity index (χ3n) is 2.26. The van der Waals surface area contributed by atoms with Crippen molar-refractivity contribution in [2.75, 3.05) is 6.61 Å². The maximum atomic E-state index is 11.8. The molecule has 0 aromatic rings. The molecular formula is C8H13BFIO2S. The van der Waals surface area contributed by atoms with E-state index >= 15 is 0 Å². The van der Waals surface area contributed by atoms with Gasteiger partial charge in [0.2, 0.25) is 0 Å². The zero-order valence-electron chi connectivity index (χ0n) is 7.79. The van der Waals surface area contributed by atoms with Crippen LogP contribution in [-0.4, -0.2) is 21.0 Å². The Morgan fingerprint density at radius 1 is 1.79 bits per heavy atom. The van der Waals surface area contributed by atoms with Gasteiger partial charge < -0.3 is 5.11 Å². The van der Waals surface area contributed by atoms with E-state index < -0.39 is 4.05 Å². The van der Waals surface area contributed by atoms with Crippen LogP contribution in [0.3, 0.4) is 0 Å². The maximum absolute atomic E-state index is 11.8. The number of allylic oxidation sites excluding steroid dienone is 1. The Hall–Kier alpha value is 0.735. The van der Waals surface area contributed by atoms with E-state index in [0.717, 1.165) is 25.7 Å². The number of aliphatic hydroxyl groups is 1. The van der Waals surface area contributed by atoms with Crippen LogP contribution in [0.1, 0.15) is 25.7 Å². The summed E-state index contributed by atoms with van der Waals surface area (Å²) in [5.74, 6) is 0. The van der Waals surface area contributed by atoms with Crippen LogP contribution >= 0.6 is 34.0 Å². The van der Waals surface area contributed by atoms with Crippen LogP contribution in [-0.2, 0) is 4.86 Å². The Balaban J connectivity index is 2.36. The van der Waals surface area contributed by atoms with E-state index in [-0.39, 0.29) is 6.61 Å². The van der Waals surface area contributed by atoms with E-state index in [0.29, 0.717) is 5.25 Å². The number of hydrogen-bond acceptors (Lipinski definition) is 3. The number of rotatable bonds is 4. The van der Waals surface area contributed by atoms with E-state index in [2.05, 4.69) is 4.86 Å². The molecule has 1 fully saturated rings. The summed E-state index contributed by atoms with van der Waals surface area (Å²) in [6, 6.07) is 0. The smallest absolute Gasteiger partial charge is 0.392 e. The Morgan fingerprint density at radius 2 is 2.57 bits per heavy atom. The van der Waals surface area contributed by atoms with Gasteiger partial charge in [-0.05, 0) is 25.7 Å². The van der Waals surface area contributed by atoms with Gasteiger partial charge in [0.05, 0.1) is 6.61 Å². The van der Waals surface area contributed by atoms with Crippen molar-refractivity contribution in [1.82, 2.24) is 0 Å². The minimum atomic E-state index is -0.411. The minimum absolute atomic E-state index is 0.111. The van der Waals surface area contributed by atoms with E-state index in [1.54, 1.807) is 0 Å². The van der Waals surface area contributed by atoms with Crippen molar-refractivity contribution in [2.24, 2.45) is 0 Å². The first-order valence-electron chi connectivity index (χ1n) is 4.62. The summed E-state index contributed by atoms with van der Waals surface area (Å²) in [5.41, 5.74) is 1.29. The molecule has 1 aliphatic carbocycles. The summed E-state index contributed by atoms with van der Waals surface area (Å²) >= 11 is 3.45. The van der Waals surface area contributed by atoms with Crippen LogP contribution in [0.5, 0.6) is 0 Å². The van der Waals surface area contributed by atoms with Gasteiger partial charge in [-0.3, -0.25) is 0 Å². The summed E-state index contributed by atoms with van der Waals surface area (Å²) in [6.45, 7) is 0.111. The molecular weight excluding hydrogens is 317 g/mol. The molecule has 14 heavy (non-hydrogen) atoms. The van der Waals surface area contributed by atoms with Crippen molar-refractivity contribution < 1.29 is 14.5 Å². The fraction of sp³-hybridized carbons (Fsp3) is 0.750. The van der Waals surface area contributed by atoms with Crippen molar-refractivity contribution in [1.29, 1.82) is 0 Å². The molecule has 0 bridgehead atoms. The molecule has 0 heterocycles. The number of hydrogen-bond donors (Lipinski definition) is 1. The second-order valence-electron chi connectivity index (χ2n) is 3.26. The SMILES string of the molecule is OC/C=C1/CCCC(SB(I)OF)C1. The number of aliphatic hydroxyl groups excluding tert-OH is 1. The van der Waals surface area contributed by atoms with Gasteiger partial charge >= 0.3 is 4.05 Å². The van der Waals surface area contributed by atoms with Crippen molar-refractivity contribution in [3.8, 4) is 0 Å². The number of halogens is 2. The Labute approximate surface area is 101 Å². The normalized spacial score (nSPS) is 25.4. The first-order chi connectivity index (χ1) is 6.76. The summed E-state index contributed by atoms with van der Waals surface area (Å²) < 4.78 is 11.4. The van der Waals surface area contributed by atoms with Crippen LogP contribution in [0.4, 0.5) is 4.53 Å². The maximum Gasteiger partial charge on any atom is 0.479 e. The van der Waals surface area contributed by atoms with Crippen LogP contribution < -0.4 is 0 Å². The third kappa shape index (κ3) is 4.50. The fourth-order valence-electron chi connectivity index (χ4n) is 1.66. The molecule has 0 radical (unpaired) electrons. The highest BCUT2D eigenvalue weighted by atomic mass is 127. The van der Waals surface area contributed by atoms with Crippen LogP contribution in [0.15, 0.2) is 11.6 Å². The molecule has 1 rings (SSSR count). The summed E-state index contributed by atoms with van der Waals surface area (Å²) in [6.07, 6.45) is 6.12. The first kappa shape index (κ1) is 12.8.